The third-order valence-corrected chi connectivity index (χ3v) is 6.50. The quantitative estimate of drug-likeness (QED) is 0.745. The lowest BCUT2D eigenvalue weighted by Gasteiger charge is -2.37. The van der Waals surface area contributed by atoms with Gasteiger partial charge in [-0.15, -0.1) is 0 Å². The van der Waals surface area contributed by atoms with E-state index in [1.54, 1.807) is 27.8 Å². The van der Waals surface area contributed by atoms with Crippen LogP contribution in [0.1, 0.15) is 39.2 Å². The van der Waals surface area contributed by atoms with Crippen molar-refractivity contribution in [3.05, 3.63) is 34.6 Å². The van der Waals surface area contributed by atoms with E-state index in [2.05, 4.69) is 0 Å². The Labute approximate surface area is 165 Å². The van der Waals surface area contributed by atoms with Crippen LogP contribution in [0.2, 0.25) is 5.02 Å². The Morgan fingerprint density at radius 1 is 1.41 bits per heavy atom. The van der Waals surface area contributed by atoms with Gasteiger partial charge in [0.15, 0.2) is 0 Å². The second-order valence-corrected chi connectivity index (χ2v) is 10.1. The Bertz CT molecular complexity index is 775. The van der Waals surface area contributed by atoms with Crippen molar-refractivity contribution in [3.8, 4) is 0 Å². The summed E-state index contributed by atoms with van der Waals surface area (Å²) in [6.45, 7) is 5.79. The summed E-state index contributed by atoms with van der Waals surface area (Å²) in [5.41, 5.74) is -0.672. The first-order valence-corrected chi connectivity index (χ1v) is 10.8. The number of benzene rings is 1. The Kier molecular flexibility index (Phi) is 6.76. The number of sulfonamides is 1. The largest absolute Gasteiger partial charge is 0.444 e. The molecule has 0 bridgehead atoms. The van der Waals surface area contributed by atoms with Crippen LogP contribution in [0.25, 0.3) is 0 Å². The maximum absolute atomic E-state index is 14.0. The van der Waals surface area contributed by atoms with Crippen molar-refractivity contribution in [1.29, 1.82) is 0 Å². The zero-order valence-corrected chi connectivity index (χ0v) is 17.6. The zero-order valence-electron chi connectivity index (χ0n) is 16.0. The van der Waals surface area contributed by atoms with Crippen molar-refractivity contribution >= 4 is 27.7 Å². The molecule has 0 radical (unpaired) electrons. The molecule has 152 valence electrons. The standard InChI is InChI=1S/C18H26ClFN2O4S/c1-18(2,3)26-17(23)21(4)13-7-6-10-22(11-13)27(24,25)12-14-15(19)8-5-9-16(14)20/h5,8-9,13H,6-7,10-12H2,1-4H3/t13-/m0/s1. The predicted octanol–water partition coefficient (Wildman–Crippen LogP) is 3.64. The molecule has 1 amide bonds. The van der Waals surface area contributed by atoms with Gasteiger partial charge in [0.25, 0.3) is 0 Å². The van der Waals surface area contributed by atoms with Gasteiger partial charge in [-0.2, -0.15) is 4.31 Å². The summed E-state index contributed by atoms with van der Waals surface area (Å²) in [6, 6.07) is 3.77. The minimum atomic E-state index is -3.78. The number of carbonyl (C=O) groups is 1. The molecule has 2 rings (SSSR count). The maximum Gasteiger partial charge on any atom is 0.410 e. The van der Waals surface area contributed by atoms with Gasteiger partial charge in [0.2, 0.25) is 10.0 Å². The van der Waals surface area contributed by atoms with Crippen LogP contribution >= 0.6 is 11.6 Å². The van der Waals surface area contributed by atoms with Crippen LogP contribution < -0.4 is 0 Å². The van der Waals surface area contributed by atoms with E-state index >= 15 is 0 Å². The number of hydrogen-bond acceptors (Lipinski definition) is 4. The van der Waals surface area contributed by atoms with E-state index in [0.717, 1.165) is 0 Å². The summed E-state index contributed by atoms with van der Waals surface area (Å²) in [5, 5.41) is 0.0815. The Balaban J connectivity index is 2.11. The highest BCUT2D eigenvalue weighted by molar-refractivity contribution is 7.88. The summed E-state index contributed by atoms with van der Waals surface area (Å²) in [5.74, 6) is -1.16. The first kappa shape index (κ1) is 21.9. The Hall–Kier alpha value is -1.38. The normalized spacial score (nSPS) is 19.0. The lowest BCUT2D eigenvalue weighted by molar-refractivity contribution is 0.0173. The highest BCUT2D eigenvalue weighted by atomic mass is 35.5. The fourth-order valence-electron chi connectivity index (χ4n) is 2.92. The average Bonchev–Trinajstić information content (AvgIpc) is 2.56. The van der Waals surface area contributed by atoms with Crippen molar-refractivity contribution in [2.45, 2.75) is 51.0 Å². The van der Waals surface area contributed by atoms with Gasteiger partial charge in [-0.1, -0.05) is 17.7 Å². The smallest absolute Gasteiger partial charge is 0.410 e. The summed E-state index contributed by atoms with van der Waals surface area (Å²) in [7, 11) is -2.18. The maximum atomic E-state index is 14.0. The molecular formula is C18H26ClFN2O4S. The molecule has 0 unspecified atom stereocenters. The highest BCUT2D eigenvalue weighted by Gasteiger charge is 2.34. The van der Waals surface area contributed by atoms with Crippen LogP contribution in [-0.2, 0) is 20.5 Å². The average molecular weight is 421 g/mol. The molecule has 9 heteroatoms. The topological polar surface area (TPSA) is 66.9 Å². The first-order chi connectivity index (χ1) is 12.4. The van der Waals surface area contributed by atoms with Crippen molar-refractivity contribution in [1.82, 2.24) is 9.21 Å². The van der Waals surface area contributed by atoms with E-state index < -0.39 is 33.3 Å². The van der Waals surface area contributed by atoms with Crippen LogP contribution in [0.4, 0.5) is 9.18 Å². The van der Waals surface area contributed by atoms with E-state index in [1.807, 2.05) is 0 Å². The number of carbonyl (C=O) groups excluding carboxylic acids is 1. The van der Waals surface area contributed by atoms with Crippen molar-refractivity contribution in [2.75, 3.05) is 20.1 Å². The van der Waals surface area contributed by atoms with Crippen LogP contribution in [0, 0.1) is 5.82 Å². The molecule has 0 aliphatic carbocycles. The number of likely N-dealkylation sites (N-methyl/N-ethyl adjacent to an activating group) is 1. The molecule has 1 aromatic carbocycles. The van der Waals surface area contributed by atoms with Crippen LogP contribution in [-0.4, -0.2) is 55.5 Å². The predicted molar refractivity (Wildman–Crippen MR) is 103 cm³/mol. The lowest BCUT2D eigenvalue weighted by Crippen LogP contribution is -2.51. The number of rotatable bonds is 4. The fraction of sp³-hybridized carbons (Fsp3) is 0.611. The molecule has 1 fully saturated rings. The molecule has 6 nitrogen and oxygen atoms in total. The van der Waals surface area contributed by atoms with Gasteiger partial charge in [-0.3, -0.25) is 0 Å². The molecule has 1 saturated heterocycles. The number of halogens is 2. The van der Waals surface area contributed by atoms with Gasteiger partial charge < -0.3 is 9.64 Å². The molecule has 27 heavy (non-hydrogen) atoms. The van der Waals surface area contributed by atoms with Gasteiger partial charge in [0.1, 0.15) is 11.4 Å². The summed E-state index contributed by atoms with van der Waals surface area (Å²) >= 11 is 5.96. The third kappa shape index (κ3) is 5.80. The molecule has 0 spiro atoms. The molecule has 1 aliphatic rings. The van der Waals surface area contributed by atoms with E-state index in [1.165, 1.54) is 27.4 Å². The second kappa shape index (κ2) is 8.32. The highest BCUT2D eigenvalue weighted by Crippen LogP contribution is 2.25. The zero-order chi connectivity index (χ0) is 20.4. The van der Waals surface area contributed by atoms with E-state index in [4.69, 9.17) is 16.3 Å². The molecule has 1 aromatic rings. The first-order valence-electron chi connectivity index (χ1n) is 8.77. The van der Waals surface area contributed by atoms with Crippen molar-refractivity contribution in [3.63, 3.8) is 0 Å². The van der Waals surface area contributed by atoms with E-state index in [9.17, 15) is 17.6 Å². The molecule has 0 aromatic heterocycles. The summed E-state index contributed by atoms with van der Waals surface area (Å²) in [4.78, 5) is 13.7. The number of amides is 1. The lowest BCUT2D eigenvalue weighted by atomic mass is 10.1. The Morgan fingerprint density at radius 3 is 2.67 bits per heavy atom. The minimum Gasteiger partial charge on any atom is -0.444 e. The number of nitrogens with zero attached hydrogens (tertiary/aromatic N) is 2. The van der Waals surface area contributed by atoms with Gasteiger partial charge >= 0.3 is 6.09 Å². The molecule has 1 atom stereocenters. The number of hydrogen-bond donors (Lipinski definition) is 0. The molecule has 0 saturated carbocycles. The molecule has 0 N–H and O–H groups in total. The van der Waals surface area contributed by atoms with Crippen LogP contribution in [0.5, 0.6) is 0 Å². The number of piperidine rings is 1. The number of ether oxygens (including phenoxy) is 1. The van der Waals surface area contributed by atoms with Gasteiger partial charge in [0, 0.05) is 36.8 Å². The SMILES string of the molecule is CN(C(=O)OC(C)(C)C)[C@H]1CCCN(S(=O)(=O)Cc2c(F)cccc2Cl)C1. The third-order valence-electron chi connectivity index (χ3n) is 4.37. The Morgan fingerprint density at radius 2 is 2.07 bits per heavy atom. The summed E-state index contributed by atoms with van der Waals surface area (Å²) < 4.78 is 46.2. The van der Waals surface area contributed by atoms with Crippen molar-refractivity contribution < 1.29 is 22.3 Å². The monoisotopic (exact) mass is 420 g/mol. The van der Waals surface area contributed by atoms with Gasteiger partial charge in [-0.05, 0) is 45.7 Å². The van der Waals surface area contributed by atoms with Gasteiger partial charge in [0.05, 0.1) is 5.75 Å². The molecular weight excluding hydrogens is 395 g/mol. The van der Waals surface area contributed by atoms with E-state index in [-0.39, 0.29) is 23.2 Å². The minimum absolute atomic E-state index is 0.0400. The second-order valence-electron chi connectivity index (χ2n) is 7.70. The van der Waals surface area contributed by atoms with Crippen molar-refractivity contribution in [2.24, 2.45) is 0 Å². The van der Waals surface area contributed by atoms with Crippen LogP contribution in [0.15, 0.2) is 18.2 Å². The summed E-state index contributed by atoms with van der Waals surface area (Å²) in [6.07, 6.45) is 0.772. The fourth-order valence-corrected chi connectivity index (χ4v) is 4.87. The van der Waals surface area contributed by atoms with Gasteiger partial charge in [-0.25, -0.2) is 17.6 Å². The van der Waals surface area contributed by atoms with E-state index in [0.29, 0.717) is 19.4 Å². The molecule has 1 heterocycles. The van der Waals surface area contributed by atoms with Crippen LogP contribution in [0.3, 0.4) is 0 Å². The molecule has 1 aliphatic heterocycles.